The summed E-state index contributed by atoms with van der Waals surface area (Å²) in [6.07, 6.45) is 1.96. The molecule has 0 N–H and O–H groups in total. The van der Waals surface area contributed by atoms with Gasteiger partial charge in [-0.2, -0.15) is 0 Å². The first-order valence-electron chi connectivity index (χ1n) is 10.2. The first-order valence-corrected chi connectivity index (χ1v) is 10.2. The lowest BCUT2D eigenvalue weighted by molar-refractivity contribution is 0.660. The Balaban J connectivity index is 1.64. The van der Waals surface area contributed by atoms with E-state index in [-0.39, 0.29) is 5.41 Å². The summed E-state index contributed by atoms with van der Waals surface area (Å²) in [7, 11) is 0. The molecule has 0 amide bonds. The van der Waals surface area contributed by atoms with Crippen molar-refractivity contribution in [1.29, 1.82) is 0 Å². The molecule has 0 atom stereocenters. The fraction of sp³-hybridized carbons (Fsp3) is 0.107. The SMILES string of the molecule is CC1(C)c2cc3ccccc3cc2-c2ccnc(-c3ccc4ccccc4c3)c21. The van der Waals surface area contributed by atoms with Gasteiger partial charge in [0.2, 0.25) is 0 Å². The number of aromatic nitrogens is 1. The molecule has 1 heteroatoms. The Morgan fingerprint density at radius 2 is 1.28 bits per heavy atom. The lowest BCUT2D eigenvalue weighted by Crippen LogP contribution is -2.16. The summed E-state index contributed by atoms with van der Waals surface area (Å²) >= 11 is 0. The Labute approximate surface area is 170 Å². The molecule has 5 aromatic rings. The summed E-state index contributed by atoms with van der Waals surface area (Å²) in [5.41, 5.74) is 7.57. The van der Waals surface area contributed by atoms with Crippen LogP contribution in [0.15, 0.2) is 91.1 Å². The van der Waals surface area contributed by atoms with Crippen LogP contribution in [0.1, 0.15) is 25.0 Å². The van der Waals surface area contributed by atoms with Crippen LogP contribution in [0.25, 0.3) is 43.9 Å². The Hall–Kier alpha value is -3.45. The molecule has 1 aliphatic rings. The lowest BCUT2D eigenvalue weighted by atomic mass is 9.80. The van der Waals surface area contributed by atoms with Crippen LogP contribution < -0.4 is 0 Å². The number of benzene rings is 4. The number of hydrogen-bond acceptors (Lipinski definition) is 1. The smallest absolute Gasteiger partial charge is 0.0749 e. The molecule has 29 heavy (non-hydrogen) atoms. The first-order chi connectivity index (χ1) is 14.1. The molecule has 0 fully saturated rings. The van der Waals surface area contributed by atoms with Crippen molar-refractivity contribution >= 4 is 21.5 Å². The van der Waals surface area contributed by atoms with Gasteiger partial charge in [-0.15, -0.1) is 0 Å². The van der Waals surface area contributed by atoms with Crippen molar-refractivity contribution in [2.24, 2.45) is 0 Å². The highest BCUT2D eigenvalue weighted by Gasteiger charge is 2.38. The molecule has 4 aromatic carbocycles. The number of nitrogens with zero attached hydrogens (tertiary/aromatic N) is 1. The highest BCUT2D eigenvalue weighted by Crippen LogP contribution is 2.52. The van der Waals surface area contributed by atoms with Gasteiger partial charge in [0.05, 0.1) is 5.69 Å². The molecule has 1 heterocycles. The Morgan fingerprint density at radius 3 is 2.03 bits per heavy atom. The Bertz CT molecular complexity index is 1430. The topological polar surface area (TPSA) is 12.9 Å². The largest absolute Gasteiger partial charge is 0.256 e. The van der Waals surface area contributed by atoms with Crippen LogP contribution in [0.4, 0.5) is 0 Å². The molecular weight excluding hydrogens is 350 g/mol. The van der Waals surface area contributed by atoms with Crippen LogP contribution in [-0.4, -0.2) is 4.98 Å². The van der Waals surface area contributed by atoms with Gasteiger partial charge >= 0.3 is 0 Å². The van der Waals surface area contributed by atoms with Gasteiger partial charge in [0, 0.05) is 17.2 Å². The monoisotopic (exact) mass is 371 g/mol. The average Bonchev–Trinajstić information content (AvgIpc) is 2.99. The van der Waals surface area contributed by atoms with Crippen LogP contribution in [0, 0.1) is 0 Å². The standard InChI is InChI=1S/C28H21N/c1-28(2)25-17-21-10-6-5-9-20(21)16-24(25)23-13-14-29-27(26(23)28)22-12-11-18-7-3-4-8-19(18)15-22/h3-17H,1-2H3. The number of rotatable bonds is 1. The maximum Gasteiger partial charge on any atom is 0.0749 e. The second-order valence-electron chi connectivity index (χ2n) is 8.51. The number of fused-ring (bicyclic) bond motifs is 5. The van der Waals surface area contributed by atoms with E-state index < -0.39 is 0 Å². The minimum absolute atomic E-state index is 0.0933. The quantitative estimate of drug-likeness (QED) is 0.300. The fourth-order valence-corrected chi connectivity index (χ4v) is 4.99. The summed E-state index contributed by atoms with van der Waals surface area (Å²) in [6.45, 7) is 4.66. The third kappa shape index (κ3) is 2.31. The molecule has 0 bridgehead atoms. The van der Waals surface area contributed by atoms with Gasteiger partial charge in [-0.1, -0.05) is 74.5 Å². The van der Waals surface area contributed by atoms with Gasteiger partial charge in [-0.05, 0) is 68.1 Å². The van der Waals surface area contributed by atoms with Gasteiger partial charge < -0.3 is 0 Å². The zero-order valence-corrected chi connectivity index (χ0v) is 16.6. The Kier molecular flexibility index (Phi) is 3.29. The van der Waals surface area contributed by atoms with Crippen LogP contribution in [-0.2, 0) is 5.41 Å². The van der Waals surface area contributed by atoms with E-state index in [0.29, 0.717) is 0 Å². The van der Waals surface area contributed by atoms with Crippen LogP contribution >= 0.6 is 0 Å². The average molecular weight is 371 g/mol. The minimum Gasteiger partial charge on any atom is -0.256 e. The predicted molar refractivity (Wildman–Crippen MR) is 122 cm³/mol. The van der Waals surface area contributed by atoms with E-state index in [2.05, 4.69) is 98.8 Å². The van der Waals surface area contributed by atoms with Crippen molar-refractivity contribution in [3.8, 4) is 22.4 Å². The molecule has 0 saturated carbocycles. The predicted octanol–water partition coefficient (Wildman–Crippen LogP) is 7.36. The minimum atomic E-state index is -0.0933. The van der Waals surface area contributed by atoms with Gasteiger partial charge in [0.1, 0.15) is 0 Å². The summed E-state index contributed by atoms with van der Waals surface area (Å²) in [5.74, 6) is 0. The zero-order valence-electron chi connectivity index (χ0n) is 16.6. The van der Waals surface area contributed by atoms with Crippen molar-refractivity contribution in [2.75, 3.05) is 0 Å². The molecule has 0 spiro atoms. The van der Waals surface area contributed by atoms with Crippen LogP contribution in [0.3, 0.4) is 0 Å². The van der Waals surface area contributed by atoms with E-state index in [9.17, 15) is 0 Å². The van der Waals surface area contributed by atoms with Crippen molar-refractivity contribution in [2.45, 2.75) is 19.3 Å². The van der Waals surface area contributed by atoms with E-state index in [1.807, 2.05) is 6.20 Å². The third-order valence-corrected chi connectivity index (χ3v) is 6.45. The normalized spacial score (nSPS) is 14.1. The van der Waals surface area contributed by atoms with E-state index in [0.717, 1.165) is 5.69 Å². The second kappa shape index (κ2) is 5.78. The summed E-state index contributed by atoms with van der Waals surface area (Å²) in [6, 6.07) is 30.7. The summed E-state index contributed by atoms with van der Waals surface area (Å²) < 4.78 is 0. The molecule has 1 aliphatic carbocycles. The number of hydrogen-bond donors (Lipinski definition) is 0. The Morgan fingerprint density at radius 1 is 0.621 bits per heavy atom. The molecule has 138 valence electrons. The lowest BCUT2D eigenvalue weighted by Gasteiger charge is -2.24. The summed E-state index contributed by atoms with van der Waals surface area (Å²) in [5, 5.41) is 5.10. The highest BCUT2D eigenvalue weighted by molar-refractivity contribution is 5.96. The molecule has 0 radical (unpaired) electrons. The van der Waals surface area contributed by atoms with Gasteiger partial charge in [0.25, 0.3) is 0 Å². The van der Waals surface area contributed by atoms with E-state index in [1.165, 1.54) is 49.4 Å². The molecule has 1 aromatic heterocycles. The molecular formula is C28H21N. The molecule has 6 rings (SSSR count). The zero-order chi connectivity index (χ0) is 19.6. The van der Waals surface area contributed by atoms with Crippen molar-refractivity contribution in [1.82, 2.24) is 4.98 Å². The van der Waals surface area contributed by atoms with E-state index >= 15 is 0 Å². The molecule has 1 nitrogen and oxygen atoms in total. The summed E-state index contributed by atoms with van der Waals surface area (Å²) in [4.78, 5) is 4.88. The second-order valence-corrected chi connectivity index (χ2v) is 8.51. The fourth-order valence-electron chi connectivity index (χ4n) is 4.99. The van der Waals surface area contributed by atoms with E-state index in [1.54, 1.807) is 0 Å². The van der Waals surface area contributed by atoms with Crippen molar-refractivity contribution < 1.29 is 0 Å². The van der Waals surface area contributed by atoms with Crippen molar-refractivity contribution in [3.63, 3.8) is 0 Å². The van der Waals surface area contributed by atoms with Gasteiger partial charge in [-0.3, -0.25) is 4.98 Å². The molecule has 0 saturated heterocycles. The van der Waals surface area contributed by atoms with Gasteiger partial charge in [-0.25, -0.2) is 0 Å². The van der Waals surface area contributed by atoms with E-state index in [4.69, 9.17) is 4.98 Å². The van der Waals surface area contributed by atoms with Crippen LogP contribution in [0.5, 0.6) is 0 Å². The molecule has 0 unspecified atom stereocenters. The highest BCUT2D eigenvalue weighted by atomic mass is 14.7. The maximum atomic E-state index is 4.88. The molecule has 0 aliphatic heterocycles. The first kappa shape index (κ1) is 16.5. The van der Waals surface area contributed by atoms with Crippen molar-refractivity contribution in [3.05, 3.63) is 102 Å². The van der Waals surface area contributed by atoms with Gasteiger partial charge in [0.15, 0.2) is 0 Å². The van der Waals surface area contributed by atoms with Crippen LogP contribution in [0.2, 0.25) is 0 Å². The third-order valence-electron chi connectivity index (χ3n) is 6.45. The maximum absolute atomic E-state index is 4.88. The number of pyridine rings is 1.